The monoisotopic (exact) mass is 340 g/mol. The van der Waals surface area contributed by atoms with E-state index in [4.69, 9.17) is 9.62 Å². The van der Waals surface area contributed by atoms with Crippen LogP contribution in [0.25, 0.3) is 5.65 Å². The van der Waals surface area contributed by atoms with Crippen molar-refractivity contribution >= 4 is 11.5 Å². The fourth-order valence-electron chi connectivity index (χ4n) is 3.58. The van der Waals surface area contributed by atoms with E-state index in [2.05, 4.69) is 30.1 Å². The van der Waals surface area contributed by atoms with Crippen LogP contribution in [0.5, 0.6) is 0 Å². The number of hydrogen-bond acceptors (Lipinski definition) is 8. The van der Waals surface area contributed by atoms with Gasteiger partial charge >= 0.3 is 0 Å². The van der Waals surface area contributed by atoms with Crippen LogP contribution >= 0.6 is 0 Å². The number of hydrogen-bond donors (Lipinski definition) is 0. The Kier molecular flexibility index (Phi) is 3.58. The molecule has 0 spiro atoms. The molecule has 0 N–H and O–H groups in total. The Balaban J connectivity index is 1.32. The lowest BCUT2D eigenvalue weighted by molar-refractivity contribution is 0.194. The summed E-state index contributed by atoms with van der Waals surface area (Å²) in [6, 6.07) is 4.06. The van der Waals surface area contributed by atoms with Gasteiger partial charge in [-0.2, -0.15) is 9.50 Å². The number of rotatable bonds is 4. The SMILES string of the molecule is c1nc(CN2CCC(c3nnc4ccc(N5CCC5)nn34)CC2)no1. The van der Waals surface area contributed by atoms with Gasteiger partial charge in [-0.05, 0) is 44.5 Å². The molecule has 3 aromatic rings. The third-order valence-electron chi connectivity index (χ3n) is 5.18. The molecule has 0 bridgehead atoms. The van der Waals surface area contributed by atoms with Gasteiger partial charge in [-0.1, -0.05) is 5.16 Å². The molecule has 5 heterocycles. The zero-order valence-electron chi connectivity index (χ0n) is 14.0. The largest absolute Gasteiger partial charge is 0.355 e. The lowest BCUT2D eigenvalue weighted by Crippen LogP contribution is -2.38. The van der Waals surface area contributed by atoms with Crippen LogP contribution < -0.4 is 4.90 Å². The number of piperidine rings is 1. The number of aromatic nitrogens is 6. The van der Waals surface area contributed by atoms with Gasteiger partial charge in [-0.15, -0.1) is 15.3 Å². The predicted molar refractivity (Wildman–Crippen MR) is 89.2 cm³/mol. The summed E-state index contributed by atoms with van der Waals surface area (Å²) in [5.74, 6) is 3.13. The zero-order valence-corrected chi connectivity index (χ0v) is 14.0. The van der Waals surface area contributed by atoms with Crippen molar-refractivity contribution in [2.75, 3.05) is 31.1 Å². The van der Waals surface area contributed by atoms with Gasteiger partial charge in [0.25, 0.3) is 0 Å². The number of likely N-dealkylation sites (tertiary alicyclic amines) is 1. The lowest BCUT2D eigenvalue weighted by atomic mass is 9.96. The van der Waals surface area contributed by atoms with Crippen molar-refractivity contribution in [2.45, 2.75) is 31.7 Å². The summed E-state index contributed by atoms with van der Waals surface area (Å²) in [5.41, 5.74) is 0.827. The van der Waals surface area contributed by atoms with Crippen LogP contribution in [0, 0.1) is 0 Å². The first-order valence-electron chi connectivity index (χ1n) is 8.82. The molecule has 0 unspecified atom stereocenters. The smallest absolute Gasteiger partial charge is 0.213 e. The Morgan fingerprint density at radius 2 is 1.96 bits per heavy atom. The molecule has 0 aliphatic carbocycles. The highest BCUT2D eigenvalue weighted by Crippen LogP contribution is 2.28. The van der Waals surface area contributed by atoms with Crippen molar-refractivity contribution in [1.82, 2.24) is 34.9 Å². The minimum absolute atomic E-state index is 0.385. The van der Waals surface area contributed by atoms with Crippen molar-refractivity contribution in [3.63, 3.8) is 0 Å². The summed E-state index contributed by atoms with van der Waals surface area (Å²) in [7, 11) is 0. The normalized spacial score (nSPS) is 19.4. The fourth-order valence-corrected chi connectivity index (χ4v) is 3.58. The quantitative estimate of drug-likeness (QED) is 0.697. The second kappa shape index (κ2) is 6.07. The molecule has 0 radical (unpaired) electrons. The average molecular weight is 340 g/mol. The summed E-state index contributed by atoms with van der Waals surface area (Å²) in [6.07, 6.45) is 4.70. The maximum atomic E-state index is 4.81. The standard InChI is InChI=1S/C16H20N8O/c1-6-23(7-1)15-3-2-14-18-19-16(24(14)20-15)12-4-8-22(9-5-12)10-13-17-11-25-21-13/h2-3,11-12H,1,4-10H2. The van der Waals surface area contributed by atoms with Gasteiger partial charge in [0.15, 0.2) is 17.3 Å². The van der Waals surface area contributed by atoms with Crippen LogP contribution in [0.2, 0.25) is 0 Å². The lowest BCUT2D eigenvalue weighted by Gasteiger charge is -2.32. The molecule has 3 aromatic heterocycles. The molecular weight excluding hydrogens is 320 g/mol. The molecule has 0 aromatic carbocycles. The molecule has 2 aliphatic rings. The molecule has 9 nitrogen and oxygen atoms in total. The second-order valence-electron chi connectivity index (χ2n) is 6.76. The van der Waals surface area contributed by atoms with Gasteiger partial charge in [0.2, 0.25) is 6.39 Å². The third-order valence-corrected chi connectivity index (χ3v) is 5.18. The first kappa shape index (κ1) is 14.8. The summed E-state index contributed by atoms with van der Waals surface area (Å²) >= 11 is 0. The van der Waals surface area contributed by atoms with E-state index >= 15 is 0 Å². The fraction of sp³-hybridized carbons (Fsp3) is 0.562. The highest BCUT2D eigenvalue weighted by molar-refractivity contribution is 5.47. The van der Waals surface area contributed by atoms with Crippen molar-refractivity contribution in [3.05, 3.63) is 30.2 Å². The minimum atomic E-state index is 0.385. The molecule has 0 atom stereocenters. The molecule has 0 saturated carbocycles. The number of fused-ring (bicyclic) bond motifs is 1. The van der Waals surface area contributed by atoms with Gasteiger partial charge in [0.05, 0.1) is 6.54 Å². The van der Waals surface area contributed by atoms with Crippen LogP contribution in [0.4, 0.5) is 5.82 Å². The molecule has 2 saturated heterocycles. The maximum Gasteiger partial charge on any atom is 0.213 e. The Bertz CT molecular complexity index is 848. The first-order chi connectivity index (χ1) is 12.4. The average Bonchev–Trinajstić information content (AvgIpc) is 3.23. The van der Waals surface area contributed by atoms with Crippen LogP contribution in [0.3, 0.4) is 0 Å². The van der Waals surface area contributed by atoms with E-state index in [1.807, 2.05) is 16.6 Å². The van der Waals surface area contributed by atoms with Crippen LogP contribution in [0.15, 0.2) is 23.0 Å². The van der Waals surface area contributed by atoms with Crippen molar-refractivity contribution in [3.8, 4) is 0 Å². The summed E-state index contributed by atoms with van der Waals surface area (Å²) in [6.45, 7) is 4.88. The molecule has 2 fully saturated rings. The molecule has 0 amide bonds. The zero-order chi connectivity index (χ0) is 16.6. The van der Waals surface area contributed by atoms with Crippen LogP contribution in [-0.2, 0) is 6.54 Å². The molecule has 130 valence electrons. The van der Waals surface area contributed by atoms with E-state index < -0.39 is 0 Å². The maximum absolute atomic E-state index is 4.81. The van der Waals surface area contributed by atoms with Gasteiger partial charge in [-0.25, -0.2) is 0 Å². The summed E-state index contributed by atoms with van der Waals surface area (Å²) < 4.78 is 6.74. The van der Waals surface area contributed by atoms with E-state index in [-0.39, 0.29) is 0 Å². The number of anilines is 1. The molecule has 9 heteroatoms. The Labute approximate surface area is 144 Å². The third kappa shape index (κ3) is 2.74. The predicted octanol–water partition coefficient (Wildman–Crippen LogP) is 1.10. The van der Waals surface area contributed by atoms with E-state index in [0.717, 1.165) is 68.7 Å². The van der Waals surface area contributed by atoms with Crippen LogP contribution in [0.1, 0.15) is 36.8 Å². The molecular formula is C16H20N8O. The highest BCUT2D eigenvalue weighted by Gasteiger charge is 2.26. The molecule has 25 heavy (non-hydrogen) atoms. The Morgan fingerprint density at radius 1 is 1.08 bits per heavy atom. The summed E-state index contributed by atoms with van der Waals surface area (Å²) in [4.78, 5) is 8.74. The Morgan fingerprint density at radius 3 is 2.68 bits per heavy atom. The van der Waals surface area contributed by atoms with Crippen LogP contribution in [-0.4, -0.2) is 61.0 Å². The molecule has 2 aliphatic heterocycles. The topological polar surface area (TPSA) is 88.5 Å². The van der Waals surface area contributed by atoms with Gasteiger partial charge in [0.1, 0.15) is 5.82 Å². The number of nitrogens with zero attached hydrogens (tertiary/aromatic N) is 8. The van der Waals surface area contributed by atoms with Crippen molar-refractivity contribution < 1.29 is 4.52 Å². The highest BCUT2D eigenvalue weighted by atomic mass is 16.5. The van der Waals surface area contributed by atoms with Gasteiger partial charge in [0, 0.05) is 19.0 Å². The Hall–Kier alpha value is -2.55. The minimum Gasteiger partial charge on any atom is -0.355 e. The molecule has 5 rings (SSSR count). The van der Waals surface area contributed by atoms with E-state index in [1.165, 1.54) is 12.8 Å². The van der Waals surface area contributed by atoms with Crippen molar-refractivity contribution in [2.24, 2.45) is 0 Å². The van der Waals surface area contributed by atoms with Gasteiger partial charge < -0.3 is 9.42 Å². The van der Waals surface area contributed by atoms with E-state index in [9.17, 15) is 0 Å². The second-order valence-corrected chi connectivity index (χ2v) is 6.76. The van der Waals surface area contributed by atoms with Gasteiger partial charge in [-0.3, -0.25) is 4.90 Å². The van der Waals surface area contributed by atoms with E-state index in [1.54, 1.807) is 0 Å². The first-order valence-corrected chi connectivity index (χ1v) is 8.82. The summed E-state index contributed by atoms with van der Waals surface area (Å²) in [5, 5.41) is 17.4. The van der Waals surface area contributed by atoms with Crippen molar-refractivity contribution in [1.29, 1.82) is 0 Å². The van der Waals surface area contributed by atoms with E-state index in [0.29, 0.717) is 5.92 Å².